The lowest BCUT2D eigenvalue weighted by atomic mass is 10.1. The third-order valence-electron chi connectivity index (χ3n) is 2.30. The second-order valence-corrected chi connectivity index (χ2v) is 3.37. The van der Waals surface area contributed by atoms with Gasteiger partial charge in [0.1, 0.15) is 18.1 Å². The van der Waals surface area contributed by atoms with Crippen molar-refractivity contribution in [1.82, 2.24) is 0 Å². The van der Waals surface area contributed by atoms with Crippen LogP contribution in [0.1, 0.15) is 25.0 Å². The first-order valence-electron chi connectivity index (χ1n) is 4.86. The van der Waals surface area contributed by atoms with Crippen LogP contribution in [0.25, 0.3) is 0 Å². The summed E-state index contributed by atoms with van der Waals surface area (Å²) in [6.45, 7) is 2.07. The molecular weight excluding hydrogens is 196 g/mol. The molecule has 1 N–H and O–H groups in total. The van der Waals surface area contributed by atoms with Gasteiger partial charge in [-0.25, -0.2) is 0 Å². The van der Waals surface area contributed by atoms with Crippen molar-refractivity contribution < 1.29 is 19.4 Å². The molecule has 1 atom stereocenters. The first kappa shape index (κ1) is 9.83. The van der Waals surface area contributed by atoms with Crippen molar-refractivity contribution in [3.8, 4) is 11.5 Å². The molecule has 0 spiro atoms. The Morgan fingerprint density at radius 3 is 3.20 bits per heavy atom. The highest BCUT2D eigenvalue weighted by Gasteiger charge is 2.27. The summed E-state index contributed by atoms with van der Waals surface area (Å²) in [6.07, 6.45) is 0.0113. The van der Waals surface area contributed by atoms with E-state index in [0.717, 1.165) is 5.56 Å². The minimum Gasteiger partial charge on any atom is -0.508 e. The lowest BCUT2D eigenvalue weighted by Crippen LogP contribution is -2.11. The van der Waals surface area contributed by atoms with E-state index in [2.05, 4.69) is 0 Å². The van der Waals surface area contributed by atoms with Crippen molar-refractivity contribution in [2.45, 2.75) is 19.4 Å². The van der Waals surface area contributed by atoms with Crippen molar-refractivity contribution in [3.63, 3.8) is 0 Å². The van der Waals surface area contributed by atoms with Crippen LogP contribution in [0, 0.1) is 0 Å². The molecule has 0 aromatic heterocycles. The monoisotopic (exact) mass is 208 g/mol. The summed E-state index contributed by atoms with van der Waals surface area (Å²) in [4.78, 5) is 11.1. The van der Waals surface area contributed by atoms with Crippen LogP contribution in [-0.4, -0.2) is 17.7 Å². The number of hydrogen-bond acceptors (Lipinski definition) is 4. The van der Waals surface area contributed by atoms with Crippen molar-refractivity contribution in [1.29, 1.82) is 0 Å². The van der Waals surface area contributed by atoms with Gasteiger partial charge in [0.2, 0.25) is 0 Å². The number of carbonyl (C=O) groups is 1. The molecule has 4 heteroatoms. The van der Waals surface area contributed by atoms with Gasteiger partial charge in [-0.05, 0) is 12.1 Å². The maximum Gasteiger partial charge on any atom is 0.306 e. The number of phenolic OH excluding ortho intramolecular Hbond substituents is 1. The molecule has 2 rings (SSSR count). The Bertz CT molecular complexity index is 386. The van der Waals surface area contributed by atoms with E-state index in [9.17, 15) is 9.90 Å². The predicted molar refractivity (Wildman–Crippen MR) is 52.7 cm³/mol. The Morgan fingerprint density at radius 1 is 1.67 bits per heavy atom. The van der Waals surface area contributed by atoms with Crippen LogP contribution >= 0.6 is 0 Å². The second-order valence-electron chi connectivity index (χ2n) is 3.37. The highest BCUT2D eigenvalue weighted by atomic mass is 16.6. The molecule has 1 aromatic rings. The molecule has 1 aliphatic heterocycles. The van der Waals surface area contributed by atoms with Crippen molar-refractivity contribution in [3.05, 3.63) is 23.8 Å². The van der Waals surface area contributed by atoms with Gasteiger partial charge in [0.25, 0.3) is 0 Å². The maximum atomic E-state index is 11.1. The number of phenols is 1. The summed E-state index contributed by atoms with van der Waals surface area (Å²) in [5.74, 6) is 0.490. The summed E-state index contributed by atoms with van der Waals surface area (Å²) in [6, 6.07) is 4.79. The first-order chi connectivity index (χ1) is 7.20. The third-order valence-corrected chi connectivity index (χ3v) is 2.30. The molecule has 1 aromatic carbocycles. The number of carbonyl (C=O) groups excluding carboxylic acids is 1. The summed E-state index contributed by atoms with van der Waals surface area (Å²) in [5, 5.41) is 9.22. The zero-order valence-electron chi connectivity index (χ0n) is 8.40. The van der Waals surface area contributed by atoms with E-state index in [1.165, 1.54) is 6.07 Å². The highest BCUT2D eigenvalue weighted by molar-refractivity contribution is 5.69. The molecule has 0 fully saturated rings. The SMILES string of the molecule is CCC(=O)OC1COc2cc(O)ccc21. The van der Waals surface area contributed by atoms with Gasteiger partial charge < -0.3 is 14.6 Å². The molecule has 15 heavy (non-hydrogen) atoms. The highest BCUT2D eigenvalue weighted by Crippen LogP contribution is 2.36. The van der Waals surface area contributed by atoms with E-state index < -0.39 is 0 Å². The Balaban J connectivity index is 2.18. The van der Waals surface area contributed by atoms with E-state index in [4.69, 9.17) is 9.47 Å². The molecule has 0 bridgehead atoms. The maximum absolute atomic E-state index is 11.1. The predicted octanol–water partition coefficient (Wildman–Crippen LogP) is 1.78. The number of rotatable bonds is 2. The lowest BCUT2D eigenvalue weighted by Gasteiger charge is -2.09. The molecule has 1 aliphatic rings. The summed E-state index contributed by atoms with van der Waals surface area (Å²) < 4.78 is 10.5. The second kappa shape index (κ2) is 3.81. The van der Waals surface area contributed by atoms with Crippen molar-refractivity contribution in [2.24, 2.45) is 0 Å². The van der Waals surface area contributed by atoms with E-state index in [1.54, 1.807) is 19.1 Å². The van der Waals surface area contributed by atoms with Gasteiger partial charge in [0.05, 0.1) is 0 Å². The fourth-order valence-corrected chi connectivity index (χ4v) is 1.51. The van der Waals surface area contributed by atoms with Gasteiger partial charge in [0, 0.05) is 18.1 Å². The zero-order valence-corrected chi connectivity index (χ0v) is 8.40. The number of esters is 1. The van der Waals surface area contributed by atoms with Crippen LogP contribution in [0.4, 0.5) is 0 Å². The summed E-state index contributed by atoms with van der Waals surface area (Å²) in [5.41, 5.74) is 0.814. The number of benzene rings is 1. The summed E-state index contributed by atoms with van der Waals surface area (Å²) in [7, 11) is 0. The smallest absolute Gasteiger partial charge is 0.306 e. The van der Waals surface area contributed by atoms with Crippen LogP contribution in [0.15, 0.2) is 18.2 Å². The van der Waals surface area contributed by atoms with Gasteiger partial charge in [-0.15, -0.1) is 0 Å². The quantitative estimate of drug-likeness (QED) is 0.752. The van der Waals surface area contributed by atoms with Crippen molar-refractivity contribution in [2.75, 3.05) is 6.61 Å². The van der Waals surface area contributed by atoms with Crippen molar-refractivity contribution >= 4 is 5.97 Å². The van der Waals surface area contributed by atoms with Crippen LogP contribution in [-0.2, 0) is 9.53 Å². The Hall–Kier alpha value is -1.71. The molecule has 0 amide bonds. The summed E-state index contributed by atoms with van der Waals surface area (Å²) >= 11 is 0. The zero-order chi connectivity index (χ0) is 10.8. The molecule has 0 radical (unpaired) electrons. The van der Waals surface area contributed by atoms with E-state index in [1.807, 2.05) is 0 Å². The third kappa shape index (κ3) is 1.88. The number of hydrogen-bond donors (Lipinski definition) is 1. The fraction of sp³-hybridized carbons (Fsp3) is 0.364. The normalized spacial score (nSPS) is 18.1. The average molecular weight is 208 g/mol. The molecule has 4 nitrogen and oxygen atoms in total. The lowest BCUT2D eigenvalue weighted by molar-refractivity contribution is -0.149. The van der Waals surface area contributed by atoms with Gasteiger partial charge in [-0.2, -0.15) is 0 Å². The van der Waals surface area contributed by atoms with Crippen LogP contribution < -0.4 is 4.74 Å². The van der Waals surface area contributed by atoms with E-state index >= 15 is 0 Å². The van der Waals surface area contributed by atoms with Crippen LogP contribution in [0.5, 0.6) is 11.5 Å². The number of fused-ring (bicyclic) bond motifs is 1. The molecule has 0 saturated carbocycles. The van der Waals surface area contributed by atoms with Crippen LogP contribution in [0.2, 0.25) is 0 Å². The Labute approximate surface area is 87.4 Å². The molecule has 1 unspecified atom stereocenters. The standard InChI is InChI=1S/C11H12O4/c1-2-11(13)15-10-6-14-9-5-7(12)3-4-8(9)10/h3-5,10,12H,2,6H2,1H3. The van der Waals surface area contributed by atoms with Gasteiger partial charge in [-0.3, -0.25) is 4.79 Å². The van der Waals surface area contributed by atoms with Gasteiger partial charge >= 0.3 is 5.97 Å². The molecule has 1 heterocycles. The van der Waals surface area contributed by atoms with E-state index in [-0.39, 0.29) is 17.8 Å². The average Bonchev–Trinajstić information content (AvgIpc) is 2.60. The first-order valence-corrected chi connectivity index (χ1v) is 4.86. The molecule has 80 valence electrons. The number of aromatic hydroxyl groups is 1. The minimum absolute atomic E-state index is 0.149. The molecular formula is C11H12O4. The van der Waals surface area contributed by atoms with E-state index in [0.29, 0.717) is 18.8 Å². The fourth-order valence-electron chi connectivity index (χ4n) is 1.51. The Kier molecular flexibility index (Phi) is 2.49. The topological polar surface area (TPSA) is 55.8 Å². The van der Waals surface area contributed by atoms with Gasteiger partial charge in [-0.1, -0.05) is 6.92 Å². The molecule has 0 saturated heterocycles. The Morgan fingerprint density at radius 2 is 2.47 bits per heavy atom. The van der Waals surface area contributed by atoms with Crippen LogP contribution in [0.3, 0.4) is 0 Å². The molecule has 0 aliphatic carbocycles. The largest absolute Gasteiger partial charge is 0.508 e. The minimum atomic E-state index is -0.340. The number of ether oxygens (including phenoxy) is 2. The van der Waals surface area contributed by atoms with Gasteiger partial charge in [0.15, 0.2) is 6.10 Å².